The topological polar surface area (TPSA) is 73.5 Å². The van der Waals surface area contributed by atoms with E-state index in [0.29, 0.717) is 24.8 Å². The third-order valence-corrected chi connectivity index (χ3v) is 5.15. The summed E-state index contributed by atoms with van der Waals surface area (Å²) in [6.45, 7) is 1.17. The van der Waals surface area contributed by atoms with Crippen molar-refractivity contribution in [3.05, 3.63) is 30.1 Å². The number of urea groups is 2. The van der Waals surface area contributed by atoms with Gasteiger partial charge in [-0.3, -0.25) is 0 Å². The van der Waals surface area contributed by atoms with Crippen LogP contribution < -0.4 is 16.0 Å². The SMILES string of the molecule is O=C(NC1CCCCC1)NC1CCN(C(=O)Nc2ccc(F)cc2)CC1. The molecule has 3 N–H and O–H groups in total. The number of rotatable bonds is 3. The second-order valence-corrected chi connectivity index (χ2v) is 7.15. The molecule has 1 aliphatic heterocycles. The zero-order chi connectivity index (χ0) is 18.4. The molecule has 0 aromatic heterocycles. The molecule has 1 saturated carbocycles. The van der Waals surface area contributed by atoms with Crippen LogP contribution in [-0.2, 0) is 0 Å². The van der Waals surface area contributed by atoms with Crippen LogP contribution in [0.5, 0.6) is 0 Å². The highest BCUT2D eigenvalue weighted by molar-refractivity contribution is 5.89. The number of carbonyl (C=O) groups is 2. The van der Waals surface area contributed by atoms with E-state index in [1.807, 2.05) is 0 Å². The van der Waals surface area contributed by atoms with Crippen molar-refractivity contribution in [3.63, 3.8) is 0 Å². The molecule has 0 atom stereocenters. The first kappa shape index (κ1) is 18.5. The van der Waals surface area contributed by atoms with Crippen LogP contribution in [0.1, 0.15) is 44.9 Å². The maximum absolute atomic E-state index is 12.9. The van der Waals surface area contributed by atoms with Crippen LogP contribution in [-0.4, -0.2) is 42.1 Å². The molecule has 4 amide bonds. The van der Waals surface area contributed by atoms with Gasteiger partial charge in [0.15, 0.2) is 0 Å². The van der Waals surface area contributed by atoms with Crippen LogP contribution >= 0.6 is 0 Å². The first-order valence-corrected chi connectivity index (χ1v) is 9.49. The second kappa shape index (κ2) is 8.87. The maximum Gasteiger partial charge on any atom is 0.321 e. The zero-order valence-electron chi connectivity index (χ0n) is 15.0. The molecule has 2 fully saturated rings. The first-order valence-electron chi connectivity index (χ1n) is 9.49. The highest BCUT2D eigenvalue weighted by atomic mass is 19.1. The molecule has 3 rings (SSSR count). The number of likely N-dealkylation sites (tertiary alicyclic amines) is 1. The summed E-state index contributed by atoms with van der Waals surface area (Å²) in [5.41, 5.74) is 0.573. The standard InChI is InChI=1S/C19H27FN4O2/c20-14-6-8-16(9-7-14)23-19(26)24-12-10-17(11-13-24)22-18(25)21-15-4-2-1-3-5-15/h6-9,15,17H,1-5,10-13H2,(H,23,26)(H2,21,22,25). The Balaban J connectivity index is 1.38. The third-order valence-electron chi connectivity index (χ3n) is 5.15. The second-order valence-electron chi connectivity index (χ2n) is 7.15. The van der Waals surface area contributed by atoms with Crippen molar-refractivity contribution in [2.75, 3.05) is 18.4 Å². The van der Waals surface area contributed by atoms with Gasteiger partial charge in [0.2, 0.25) is 0 Å². The van der Waals surface area contributed by atoms with Crippen LogP contribution in [0, 0.1) is 5.82 Å². The van der Waals surface area contributed by atoms with Crippen molar-refractivity contribution in [1.82, 2.24) is 15.5 Å². The number of benzene rings is 1. The van der Waals surface area contributed by atoms with E-state index in [-0.39, 0.29) is 23.9 Å². The molecule has 6 nitrogen and oxygen atoms in total. The fourth-order valence-electron chi connectivity index (χ4n) is 3.62. The van der Waals surface area contributed by atoms with Gasteiger partial charge in [-0.1, -0.05) is 19.3 Å². The van der Waals surface area contributed by atoms with Gasteiger partial charge in [0.1, 0.15) is 5.82 Å². The monoisotopic (exact) mass is 362 g/mol. The number of nitrogens with one attached hydrogen (secondary N) is 3. The number of hydrogen-bond acceptors (Lipinski definition) is 2. The normalized spacial score (nSPS) is 19.0. The summed E-state index contributed by atoms with van der Waals surface area (Å²) in [5, 5.41) is 8.86. The summed E-state index contributed by atoms with van der Waals surface area (Å²) in [6, 6.07) is 5.81. The van der Waals surface area contributed by atoms with Gasteiger partial charge in [0.25, 0.3) is 0 Å². The van der Waals surface area contributed by atoms with Crippen molar-refractivity contribution in [3.8, 4) is 0 Å². The number of anilines is 1. The van der Waals surface area contributed by atoms with E-state index in [1.54, 1.807) is 4.90 Å². The Morgan fingerprint density at radius 1 is 0.885 bits per heavy atom. The molecule has 0 radical (unpaired) electrons. The molecule has 142 valence electrons. The van der Waals surface area contributed by atoms with E-state index in [1.165, 1.54) is 43.5 Å². The zero-order valence-corrected chi connectivity index (χ0v) is 15.0. The molecule has 26 heavy (non-hydrogen) atoms. The van der Waals surface area contributed by atoms with Crippen molar-refractivity contribution in [2.45, 2.75) is 57.0 Å². The van der Waals surface area contributed by atoms with E-state index in [9.17, 15) is 14.0 Å². The number of amides is 4. The van der Waals surface area contributed by atoms with Gasteiger partial charge in [-0.25, -0.2) is 14.0 Å². The van der Waals surface area contributed by atoms with Crippen molar-refractivity contribution < 1.29 is 14.0 Å². The lowest BCUT2D eigenvalue weighted by atomic mass is 9.96. The van der Waals surface area contributed by atoms with Crippen molar-refractivity contribution in [1.29, 1.82) is 0 Å². The third kappa shape index (κ3) is 5.34. The Kier molecular flexibility index (Phi) is 6.30. The van der Waals surface area contributed by atoms with E-state index < -0.39 is 0 Å². The average Bonchev–Trinajstić information content (AvgIpc) is 2.65. The number of piperidine rings is 1. The van der Waals surface area contributed by atoms with Crippen LogP contribution in [0.4, 0.5) is 19.7 Å². The van der Waals surface area contributed by atoms with E-state index in [0.717, 1.165) is 25.7 Å². The van der Waals surface area contributed by atoms with Crippen LogP contribution in [0.3, 0.4) is 0 Å². The number of hydrogen-bond donors (Lipinski definition) is 3. The fraction of sp³-hybridized carbons (Fsp3) is 0.579. The lowest BCUT2D eigenvalue weighted by molar-refractivity contribution is 0.186. The van der Waals surface area contributed by atoms with Gasteiger partial charge < -0.3 is 20.9 Å². The Hall–Kier alpha value is -2.31. The molecule has 0 bridgehead atoms. The minimum Gasteiger partial charge on any atom is -0.335 e. The quantitative estimate of drug-likeness (QED) is 0.770. The van der Waals surface area contributed by atoms with Crippen LogP contribution in [0.25, 0.3) is 0 Å². The Labute approximate surface area is 153 Å². The number of carbonyl (C=O) groups excluding carboxylic acids is 2. The molecule has 1 aromatic carbocycles. The summed E-state index contributed by atoms with van der Waals surface area (Å²) in [6.07, 6.45) is 7.23. The average molecular weight is 362 g/mol. The largest absolute Gasteiger partial charge is 0.335 e. The van der Waals surface area contributed by atoms with Crippen LogP contribution in [0.2, 0.25) is 0 Å². The van der Waals surface area contributed by atoms with Crippen LogP contribution in [0.15, 0.2) is 24.3 Å². The smallest absolute Gasteiger partial charge is 0.321 e. The molecule has 1 heterocycles. The highest BCUT2D eigenvalue weighted by Gasteiger charge is 2.24. The van der Waals surface area contributed by atoms with E-state index >= 15 is 0 Å². The predicted octanol–water partition coefficient (Wildman–Crippen LogP) is 3.45. The van der Waals surface area contributed by atoms with Gasteiger partial charge in [-0.15, -0.1) is 0 Å². The molecule has 1 aliphatic carbocycles. The molecular formula is C19H27FN4O2. The van der Waals surface area contributed by atoms with Gasteiger partial charge in [0.05, 0.1) is 0 Å². The first-order chi connectivity index (χ1) is 12.6. The molecule has 0 unspecified atom stereocenters. The molecule has 0 spiro atoms. The van der Waals surface area contributed by atoms with Crippen molar-refractivity contribution >= 4 is 17.7 Å². The summed E-state index contributed by atoms with van der Waals surface area (Å²) in [4.78, 5) is 26.1. The maximum atomic E-state index is 12.9. The predicted molar refractivity (Wildman–Crippen MR) is 98.6 cm³/mol. The number of nitrogens with zero attached hydrogens (tertiary/aromatic N) is 1. The summed E-state index contributed by atoms with van der Waals surface area (Å²) >= 11 is 0. The highest BCUT2D eigenvalue weighted by Crippen LogP contribution is 2.18. The Morgan fingerprint density at radius 3 is 2.08 bits per heavy atom. The lowest BCUT2D eigenvalue weighted by Crippen LogP contribution is -2.51. The van der Waals surface area contributed by atoms with E-state index in [4.69, 9.17) is 0 Å². The van der Waals surface area contributed by atoms with Gasteiger partial charge >= 0.3 is 12.1 Å². The molecule has 2 aliphatic rings. The minimum atomic E-state index is -0.332. The molecular weight excluding hydrogens is 335 g/mol. The number of halogens is 1. The Bertz CT molecular complexity index is 608. The van der Waals surface area contributed by atoms with E-state index in [2.05, 4.69) is 16.0 Å². The molecule has 7 heteroatoms. The van der Waals surface area contributed by atoms with Gasteiger partial charge in [-0.05, 0) is 49.9 Å². The van der Waals surface area contributed by atoms with Gasteiger partial charge in [0, 0.05) is 30.9 Å². The Morgan fingerprint density at radius 2 is 1.46 bits per heavy atom. The summed E-state index contributed by atoms with van der Waals surface area (Å²) in [5.74, 6) is -0.332. The molecule has 1 saturated heterocycles. The minimum absolute atomic E-state index is 0.0912. The summed E-state index contributed by atoms with van der Waals surface area (Å²) in [7, 11) is 0. The lowest BCUT2D eigenvalue weighted by Gasteiger charge is -2.33. The molecule has 1 aromatic rings. The fourth-order valence-corrected chi connectivity index (χ4v) is 3.62. The summed E-state index contributed by atoms with van der Waals surface area (Å²) < 4.78 is 12.9. The van der Waals surface area contributed by atoms with Gasteiger partial charge in [-0.2, -0.15) is 0 Å². The van der Waals surface area contributed by atoms with Crippen molar-refractivity contribution in [2.24, 2.45) is 0 Å².